The van der Waals surface area contributed by atoms with Crippen LogP contribution in [0, 0.1) is 23.7 Å². The zero-order valence-electron chi connectivity index (χ0n) is 12.0. The molecule has 21 heavy (non-hydrogen) atoms. The van der Waals surface area contributed by atoms with E-state index in [0.29, 0.717) is 36.4 Å². The molecule has 1 aliphatic carbocycles. The summed E-state index contributed by atoms with van der Waals surface area (Å²) < 4.78 is 27.0. The highest BCUT2D eigenvalue weighted by atomic mass is 32.2. The predicted octanol–water partition coefficient (Wildman–Crippen LogP) is 1.42. The van der Waals surface area contributed by atoms with Crippen molar-refractivity contribution in [2.45, 2.75) is 24.2 Å². The van der Waals surface area contributed by atoms with E-state index in [1.54, 1.807) is 28.6 Å². The Morgan fingerprint density at radius 2 is 1.76 bits per heavy atom. The Kier molecular flexibility index (Phi) is 4.03. The quantitative estimate of drug-likeness (QED) is 0.841. The molecule has 0 amide bonds. The standard InChI is InChI=1S/C16H20N2O2S/c17-10-2-3-13-6-8-16(9-7-13)21(19,20)18-11-14-4-1-5-15(14)12-18/h6-9,14-15H,1,4-5,10-12,17H2. The fraction of sp³-hybridized carbons (Fsp3) is 0.500. The van der Waals surface area contributed by atoms with E-state index in [9.17, 15) is 8.42 Å². The van der Waals surface area contributed by atoms with Crippen molar-refractivity contribution in [1.29, 1.82) is 0 Å². The van der Waals surface area contributed by atoms with Crippen molar-refractivity contribution in [3.63, 3.8) is 0 Å². The topological polar surface area (TPSA) is 63.4 Å². The fourth-order valence-electron chi connectivity index (χ4n) is 3.40. The third-order valence-corrected chi connectivity index (χ3v) is 6.37. The molecule has 2 N–H and O–H groups in total. The van der Waals surface area contributed by atoms with Gasteiger partial charge >= 0.3 is 0 Å². The van der Waals surface area contributed by atoms with Gasteiger partial charge in [0, 0.05) is 18.7 Å². The summed E-state index contributed by atoms with van der Waals surface area (Å²) in [7, 11) is -3.36. The first-order valence-corrected chi connectivity index (χ1v) is 8.84. The van der Waals surface area contributed by atoms with Gasteiger partial charge in [-0.1, -0.05) is 18.3 Å². The van der Waals surface area contributed by atoms with Crippen LogP contribution in [0.4, 0.5) is 0 Å². The van der Waals surface area contributed by atoms with Gasteiger partial charge in [0.1, 0.15) is 0 Å². The molecule has 0 bridgehead atoms. The highest BCUT2D eigenvalue weighted by Crippen LogP contribution is 2.39. The molecule has 112 valence electrons. The van der Waals surface area contributed by atoms with E-state index >= 15 is 0 Å². The molecular weight excluding hydrogens is 284 g/mol. The maximum absolute atomic E-state index is 12.7. The molecule has 1 heterocycles. The second-order valence-corrected chi connectivity index (χ2v) is 7.74. The lowest BCUT2D eigenvalue weighted by Crippen LogP contribution is -2.29. The van der Waals surface area contributed by atoms with Crippen molar-refractivity contribution < 1.29 is 8.42 Å². The average Bonchev–Trinajstić information content (AvgIpc) is 3.07. The van der Waals surface area contributed by atoms with Gasteiger partial charge in [0.05, 0.1) is 11.4 Å². The van der Waals surface area contributed by atoms with Gasteiger partial charge in [0.25, 0.3) is 0 Å². The Morgan fingerprint density at radius 1 is 1.14 bits per heavy atom. The Bertz CT molecular complexity index is 658. The predicted molar refractivity (Wildman–Crippen MR) is 82.0 cm³/mol. The second kappa shape index (κ2) is 5.80. The summed E-state index contributed by atoms with van der Waals surface area (Å²) in [4.78, 5) is 0.362. The number of hydrogen-bond donors (Lipinski definition) is 1. The van der Waals surface area contributed by atoms with Crippen molar-refractivity contribution in [3.05, 3.63) is 29.8 Å². The minimum absolute atomic E-state index is 0.302. The van der Waals surface area contributed by atoms with Crippen molar-refractivity contribution in [1.82, 2.24) is 4.31 Å². The van der Waals surface area contributed by atoms with Crippen molar-refractivity contribution in [2.75, 3.05) is 19.6 Å². The molecule has 5 heteroatoms. The van der Waals surface area contributed by atoms with E-state index in [1.807, 2.05) is 0 Å². The summed E-state index contributed by atoms with van der Waals surface area (Å²) >= 11 is 0. The molecule has 1 aromatic carbocycles. The van der Waals surface area contributed by atoms with Crippen LogP contribution in [0.25, 0.3) is 0 Å². The van der Waals surface area contributed by atoms with Crippen LogP contribution >= 0.6 is 0 Å². The van der Waals surface area contributed by atoms with Gasteiger partial charge in [0.2, 0.25) is 10.0 Å². The first kappa shape index (κ1) is 14.6. The number of rotatable bonds is 2. The van der Waals surface area contributed by atoms with Crippen molar-refractivity contribution >= 4 is 10.0 Å². The van der Waals surface area contributed by atoms with E-state index in [2.05, 4.69) is 11.8 Å². The van der Waals surface area contributed by atoms with E-state index in [4.69, 9.17) is 5.73 Å². The minimum atomic E-state index is -3.36. The molecule has 1 aromatic rings. The summed E-state index contributed by atoms with van der Waals surface area (Å²) in [6.45, 7) is 1.67. The summed E-state index contributed by atoms with van der Waals surface area (Å²) in [5, 5.41) is 0. The molecule has 3 rings (SSSR count). The minimum Gasteiger partial charge on any atom is -0.320 e. The maximum Gasteiger partial charge on any atom is 0.243 e. The van der Waals surface area contributed by atoms with Crippen LogP contribution in [-0.4, -0.2) is 32.4 Å². The average molecular weight is 304 g/mol. The summed E-state index contributed by atoms with van der Waals surface area (Å²) in [5.41, 5.74) is 6.12. The first-order chi connectivity index (χ1) is 10.1. The smallest absolute Gasteiger partial charge is 0.243 e. The molecule has 2 fully saturated rings. The SMILES string of the molecule is NCC#Cc1ccc(S(=O)(=O)N2CC3CCCC3C2)cc1. The van der Waals surface area contributed by atoms with Crippen LogP contribution in [-0.2, 0) is 10.0 Å². The number of sulfonamides is 1. The molecule has 2 unspecified atom stereocenters. The van der Waals surface area contributed by atoms with Gasteiger partial charge in [-0.15, -0.1) is 0 Å². The highest BCUT2D eigenvalue weighted by molar-refractivity contribution is 7.89. The molecule has 0 aromatic heterocycles. The number of nitrogens with zero attached hydrogens (tertiary/aromatic N) is 1. The van der Waals surface area contributed by atoms with Crippen LogP contribution in [0.15, 0.2) is 29.2 Å². The van der Waals surface area contributed by atoms with Crippen LogP contribution in [0.3, 0.4) is 0 Å². The fourth-order valence-corrected chi connectivity index (χ4v) is 4.95. The Labute approximate surface area is 126 Å². The normalized spacial score (nSPS) is 25.4. The Balaban J connectivity index is 1.79. The third-order valence-electron chi connectivity index (χ3n) is 4.52. The van der Waals surface area contributed by atoms with Crippen LogP contribution in [0.5, 0.6) is 0 Å². The molecular formula is C16H20N2O2S. The number of benzene rings is 1. The number of fused-ring (bicyclic) bond motifs is 1. The van der Waals surface area contributed by atoms with Gasteiger partial charge in [-0.3, -0.25) is 0 Å². The van der Waals surface area contributed by atoms with E-state index in [-0.39, 0.29) is 0 Å². The molecule has 0 radical (unpaired) electrons. The molecule has 0 spiro atoms. The lowest BCUT2D eigenvalue weighted by molar-refractivity contribution is 0.445. The Morgan fingerprint density at radius 3 is 2.33 bits per heavy atom. The molecule has 2 aliphatic rings. The zero-order valence-corrected chi connectivity index (χ0v) is 12.8. The maximum atomic E-state index is 12.7. The van der Waals surface area contributed by atoms with Gasteiger partial charge in [-0.05, 0) is 48.9 Å². The largest absolute Gasteiger partial charge is 0.320 e. The van der Waals surface area contributed by atoms with Crippen molar-refractivity contribution in [2.24, 2.45) is 17.6 Å². The van der Waals surface area contributed by atoms with E-state index in [1.165, 1.54) is 19.3 Å². The summed E-state index contributed by atoms with van der Waals surface area (Å²) in [5.74, 6) is 6.79. The first-order valence-electron chi connectivity index (χ1n) is 7.40. The monoisotopic (exact) mass is 304 g/mol. The lowest BCUT2D eigenvalue weighted by Gasteiger charge is -2.17. The number of hydrogen-bond acceptors (Lipinski definition) is 3. The molecule has 2 atom stereocenters. The Hall–Kier alpha value is -1.35. The second-order valence-electron chi connectivity index (χ2n) is 5.80. The van der Waals surface area contributed by atoms with Gasteiger partial charge in [0.15, 0.2) is 0 Å². The van der Waals surface area contributed by atoms with E-state index < -0.39 is 10.0 Å². The molecule has 1 aliphatic heterocycles. The van der Waals surface area contributed by atoms with Crippen LogP contribution < -0.4 is 5.73 Å². The summed E-state index contributed by atoms with van der Waals surface area (Å²) in [6, 6.07) is 6.77. The molecule has 1 saturated heterocycles. The van der Waals surface area contributed by atoms with Gasteiger partial charge in [-0.25, -0.2) is 8.42 Å². The lowest BCUT2D eigenvalue weighted by atomic mass is 10.0. The van der Waals surface area contributed by atoms with Crippen molar-refractivity contribution in [3.8, 4) is 11.8 Å². The van der Waals surface area contributed by atoms with Crippen LogP contribution in [0.2, 0.25) is 0 Å². The van der Waals surface area contributed by atoms with E-state index in [0.717, 1.165) is 5.56 Å². The third kappa shape index (κ3) is 2.84. The summed E-state index contributed by atoms with van der Waals surface area (Å²) in [6.07, 6.45) is 3.59. The zero-order chi connectivity index (χ0) is 14.9. The van der Waals surface area contributed by atoms with Gasteiger partial charge in [-0.2, -0.15) is 4.31 Å². The highest BCUT2D eigenvalue weighted by Gasteiger charge is 2.41. The molecule has 4 nitrogen and oxygen atoms in total. The number of nitrogens with two attached hydrogens (primary N) is 1. The molecule has 1 saturated carbocycles. The van der Waals surface area contributed by atoms with Gasteiger partial charge < -0.3 is 5.73 Å². The van der Waals surface area contributed by atoms with Crippen LogP contribution in [0.1, 0.15) is 24.8 Å².